The number of aliphatic hydroxyl groups is 1. The highest BCUT2D eigenvalue weighted by atomic mass is 16.5. The first-order chi connectivity index (χ1) is 17.9. The molecule has 1 aliphatic rings. The zero-order valence-electron chi connectivity index (χ0n) is 23.0. The Morgan fingerprint density at radius 3 is 2.55 bits per heavy atom. The molecule has 0 saturated heterocycles. The number of aliphatic hydroxyl groups excluding tert-OH is 1. The van der Waals surface area contributed by atoms with E-state index in [1.54, 1.807) is 50.9 Å². The van der Waals surface area contributed by atoms with Crippen molar-refractivity contribution in [2.45, 2.75) is 59.7 Å². The summed E-state index contributed by atoms with van der Waals surface area (Å²) in [6.45, 7) is 11.2. The Balaban J connectivity index is 1.87. The molecule has 0 bridgehead atoms. The quantitative estimate of drug-likeness (QED) is 0.429. The molecule has 2 heterocycles. The Morgan fingerprint density at radius 2 is 1.95 bits per heavy atom. The number of carbonyl (C=O) groups excluding carboxylic acids is 3. The highest BCUT2D eigenvalue weighted by molar-refractivity contribution is 5.99. The maximum Gasteiger partial charge on any atom is 0.321 e. The van der Waals surface area contributed by atoms with Crippen LogP contribution in [0.4, 0.5) is 21.0 Å². The average molecular weight is 531 g/mol. The van der Waals surface area contributed by atoms with Crippen LogP contribution < -0.4 is 20.7 Å². The number of fused-ring (bicyclic) bond motifs is 1. The molecule has 3 rings (SSSR count). The molecule has 1 aromatic heterocycles. The number of benzene rings is 1. The molecule has 0 spiro atoms. The van der Waals surface area contributed by atoms with Crippen LogP contribution in [0.3, 0.4) is 0 Å². The summed E-state index contributed by atoms with van der Waals surface area (Å²) >= 11 is 0. The van der Waals surface area contributed by atoms with Gasteiger partial charge in [0.2, 0.25) is 0 Å². The third-order valence-corrected chi connectivity index (χ3v) is 6.41. The number of ether oxygens (including phenoxy) is 1. The van der Waals surface area contributed by atoms with Gasteiger partial charge in [-0.2, -0.15) is 0 Å². The number of rotatable bonds is 7. The molecule has 4 N–H and O–H groups in total. The molecule has 0 saturated carbocycles. The first-order valence-electron chi connectivity index (χ1n) is 12.7. The first-order valence-corrected chi connectivity index (χ1v) is 12.7. The van der Waals surface area contributed by atoms with Gasteiger partial charge in [0.25, 0.3) is 5.91 Å². The number of amides is 5. The Kier molecular flexibility index (Phi) is 9.21. The topological polar surface area (TPSA) is 149 Å². The van der Waals surface area contributed by atoms with E-state index in [1.165, 1.54) is 4.90 Å². The summed E-state index contributed by atoms with van der Waals surface area (Å²) in [7, 11) is 1.66. The molecule has 208 valence electrons. The number of hydrogen-bond acceptors (Lipinski definition) is 7. The summed E-state index contributed by atoms with van der Waals surface area (Å²) in [5, 5.41) is 22.0. The van der Waals surface area contributed by atoms with Crippen LogP contribution in [0.15, 0.2) is 22.7 Å². The lowest BCUT2D eigenvalue weighted by atomic mass is 9.99. The van der Waals surface area contributed by atoms with Gasteiger partial charge in [-0.05, 0) is 52.8 Å². The number of hydrogen-bond donors (Lipinski definition) is 4. The fourth-order valence-corrected chi connectivity index (χ4v) is 4.16. The molecular formula is C26H38N6O6. The van der Waals surface area contributed by atoms with Crippen LogP contribution in [0.1, 0.15) is 49.5 Å². The molecule has 0 aliphatic carbocycles. The number of aromatic nitrogens is 1. The maximum absolute atomic E-state index is 13.5. The number of likely N-dealkylation sites (N-methyl/N-ethyl adjacent to an activating group) is 1. The molecule has 2 aromatic rings. The summed E-state index contributed by atoms with van der Waals surface area (Å²) in [4.78, 5) is 41.8. The number of carbonyl (C=O) groups is 3. The second-order valence-electron chi connectivity index (χ2n) is 10.1. The fraction of sp³-hybridized carbons (Fsp3) is 0.538. The van der Waals surface area contributed by atoms with Gasteiger partial charge in [-0.25, -0.2) is 9.59 Å². The Hall–Kier alpha value is -3.80. The minimum absolute atomic E-state index is 0.0563. The molecule has 12 nitrogen and oxygen atoms in total. The number of aryl methyl sites for hydroxylation is 2. The van der Waals surface area contributed by atoms with Gasteiger partial charge in [-0.15, -0.1) is 0 Å². The van der Waals surface area contributed by atoms with E-state index in [0.717, 1.165) is 0 Å². The highest BCUT2D eigenvalue weighted by Gasteiger charge is 2.34. The Bertz CT molecular complexity index is 1150. The number of anilines is 2. The van der Waals surface area contributed by atoms with Gasteiger partial charge in [0.05, 0.1) is 24.8 Å². The molecule has 0 radical (unpaired) electrons. The van der Waals surface area contributed by atoms with E-state index in [-0.39, 0.29) is 42.6 Å². The van der Waals surface area contributed by atoms with Crippen LogP contribution in [-0.4, -0.2) is 83.0 Å². The maximum atomic E-state index is 13.5. The van der Waals surface area contributed by atoms with E-state index < -0.39 is 18.2 Å². The second kappa shape index (κ2) is 12.2. The van der Waals surface area contributed by atoms with Crippen molar-refractivity contribution >= 4 is 29.3 Å². The normalized spacial score (nSPS) is 18.1. The van der Waals surface area contributed by atoms with Crippen LogP contribution in [-0.2, 0) is 0 Å². The number of nitrogens with one attached hydrogen (secondary N) is 3. The third-order valence-electron chi connectivity index (χ3n) is 6.41. The molecule has 0 fully saturated rings. The fourth-order valence-electron chi connectivity index (χ4n) is 4.16. The minimum Gasteiger partial charge on any atom is -0.487 e. The van der Waals surface area contributed by atoms with E-state index in [9.17, 15) is 19.5 Å². The molecule has 38 heavy (non-hydrogen) atoms. The summed E-state index contributed by atoms with van der Waals surface area (Å²) in [6.07, 6.45) is -0.473. The zero-order chi connectivity index (χ0) is 28.1. The van der Waals surface area contributed by atoms with E-state index in [0.29, 0.717) is 35.1 Å². The van der Waals surface area contributed by atoms with Crippen molar-refractivity contribution in [3.63, 3.8) is 0 Å². The summed E-state index contributed by atoms with van der Waals surface area (Å²) in [6, 6.07) is 3.60. The molecule has 1 aliphatic heterocycles. The smallest absolute Gasteiger partial charge is 0.321 e. The summed E-state index contributed by atoms with van der Waals surface area (Å²) in [5.74, 6) is 0.345. The van der Waals surface area contributed by atoms with Gasteiger partial charge in [-0.1, -0.05) is 12.1 Å². The SMILES string of the molecule is Cc1noc(C)c1NC(=O)N(C)C[C@H]1Oc2ccc(NC(=O)NC(C)C)cc2C(=O)N([C@H](C)CO)C[C@H]1C. The van der Waals surface area contributed by atoms with Crippen molar-refractivity contribution in [3.05, 3.63) is 35.2 Å². The predicted octanol–water partition coefficient (Wildman–Crippen LogP) is 3.21. The van der Waals surface area contributed by atoms with Crippen molar-refractivity contribution in [1.29, 1.82) is 0 Å². The van der Waals surface area contributed by atoms with Crippen molar-refractivity contribution in [3.8, 4) is 5.75 Å². The van der Waals surface area contributed by atoms with Gasteiger partial charge in [0.15, 0.2) is 5.76 Å². The number of urea groups is 2. The van der Waals surface area contributed by atoms with Crippen LogP contribution >= 0.6 is 0 Å². The van der Waals surface area contributed by atoms with Crippen molar-refractivity contribution in [2.75, 3.05) is 37.4 Å². The Labute approximate surface area is 222 Å². The molecule has 12 heteroatoms. The molecule has 0 unspecified atom stereocenters. The van der Waals surface area contributed by atoms with Crippen LogP contribution in [0.2, 0.25) is 0 Å². The first kappa shape index (κ1) is 28.8. The minimum atomic E-state index is -0.473. The van der Waals surface area contributed by atoms with Gasteiger partial charge < -0.3 is 40.1 Å². The van der Waals surface area contributed by atoms with Crippen LogP contribution in [0.5, 0.6) is 5.75 Å². The zero-order valence-corrected chi connectivity index (χ0v) is 23.0. The largest absolute Gasteiger partial charge is 0.487 e. The molecule has 3 atom stereocenters. The van der Waals surface area contributed by atoms with Crippen LogP contribution in [0.25, 0.3) is 0 Å². The predicted molar refractivity (Wildman–Crippen MR) is 143 cm³/mol. The van der Waals surface area contributed by atoms with E-state index in [4.69, 9.17) is 9.26 Å². The monoisotopic (exact) mass is 530 g/mol. The second-order valence-corrected chi connectivity index (χ2v) is 10.1. The lowest BCUT2D eigenvalue weighted by Gasteiger charge is -2.38. The van der Waals surface area contributed by atoms with Crippen molar-refractivity contribution in [1.82, 2.24) is 20.3 Å². The standard InChI is InChI=1S/C26H38N6O6/c1-14(2)27-25(35)28-19-8-9-21-20(10-19)24(34)32(16(4)13-33)11-15(3)22(37-21)12-31(7)26(36)29-23-17(5)30-38-18(23)6/h8-10,14-16,22,33H,11-13H2,1-7H3,(H,29,36)(H2,27,28,35)/t15-,16-,22-/m1/s1. The highest BCUT2D eigenvalue weighted by Crippen LogP contribution is 2.31. The van der Waals surface area contributed by atoms with Crippen molar-refractivity contribution in [2.24, 2.45) is 5.92 Å². The van der Waals surface area contributed by atoms with Gasteiger partial charge in [0.1, 0.15) is 23.2 Å². The van der Waals surface area contributed by atoms with E-state index in [2.05, 4.69) is 21.1 Å². The third kappa shape index (κ3) is 6.74. The Morgan fingerprint density at radius 1 is 1.24 bits per heavy atom. The van der Waals surface area contributed by atoms with Gasteiger partial charge >= 0.3 is 12.1 Å². The average Bonchev–Trinajstić information content (AvgIpc) is 3.17. The number of nitrogens with zero attached hydrogens (tertiary/aromatic N) is 3. The van der Waals surface area contributed by atoms with E-state index >= 15 is 0 Å². The lowest BCUT2D eigenvalue weighted by molar-refractivity contribution is 0.0371. The molecule has 5 amide bonds. The van der Waals surface area contributed by atoms with Gasteiger partial charge in [-0.3, -0.25) is 4.79 Å². The summed E-state index contributed by atoms with van der Waals surface area (Å²) in [5.41, 5.74) is 1.78. The van der Waals surface area contributed by atoms with Crippen molar-refractivity contribution < 1.29 is 28.8 Å². The summed E-state index contributed by atoms with van der Waals surface area (Å²) < 4.78 is 11.4. The van der Waals surface area contributed by atoms with Gasteiger partial charge in [0, 0.05) is 31.2 Å². The van der Waals surface area contributed by atoms with E-state index in [1.807, 2.05) is 20.8 Å². The molecule has 1 aromatic carbocycles. The lowest BCUT2D eigenvalue weighted by Crippen LogP contribution is -2.50. The van der Waals surface area contributed by atoms with Crippen LogP contribution in [0, 0.1) is 19.8 Å². The molecular weight excluding hydrogens is 492 g/mol.